The SMILES string of the molecule is FC(F)Oc1ccccc1C(Cl)Cc1cccs1. The van der Waals surface area contributed by atoms with Gasteiger partial charge in [0, 0.05) is 16.9 Å². The summed E-state index contributed by atoms with van der Waals surface area (Å²) in [6.45, 7) is -2.84. The van der Waals surface area contributed by atoms with E-state index in [0.717, 1.165) is 4.88 Å². The van der Waals surface area contributed by atoms with Gasteiger partial charge >= 0.3 is 6.61 Å². The van der Waals surface area contributed by atoms with Crippen LogP contribution < -0.4 is 4.74 Å². The van der Waals surface area contributed by atoms with E-state index >= 15 is 0 Å². The van der Waals surface area contributed by atoms with Crippen LogP contribution in [0.2, 0.25) is 0 Å². The van der Waals surface area contributed by atoms with Gasteiger partial charge in [0.1, 0.15) is 5.75 Å². The molecular formula is C13H11ClF2OS. The summed E-state index contributed by atoms with van der Waals surface area (Å²) in [5.41, 5.74) is 0.591. The molecule has 0 amide bonds. The van der Waals surface area contributed by atoms with Crippen molar-refractivity contribution in [1.29, 1.82) is 0 Å². The minimum absolute atomic E-state index is 0.143. The van der Waals surface area contributed by atoms with E-state index in [1.54, 1.807) is 29.5 Å². The summed E-state index contributed by atoms with van der Waals surface area (Å²) in [6, 6.07) is 10.5. The third kappa shape index (κ3) is 3.43. The van der Waals surface area contributed by atoms with Gasteiger partial charge < -0.3 is 4.74 Å². The van der Waals surface area contributed by atoms with Gasteiger partial charge in [0.05, 0.1) is 5.38 Å². The molecule has 0 aliphatic rings. The molecule has 0 aliphatic carbocycles. The molecule has 0 radical (unpaired) electrons. The Balaban J connectivity index is 2.16. The first-order chi connectivity index (χ1) is 8.66. The van der Waals surface area contributed by atoms with Gasteiger partial charge in [0.25, 0.3) is 0 Å². The Morgan fingerprint density at radius 2 is 1.94 bits per heavy atom. The molecular weight excluding hydrogens is 278 g/mol. The first-order valence-electron chi connectivity index (χ1n) is 5.37. The lowest BCUT2D eigenvalue weighted by molar-refractivity contribution is -0.0504. The maximum Gasteiger partial charge on any atom is 0.387 e. The number of hydrogen-bond donors (Lipinski definition) is 0. The number of ether oxygens (including phenoxy) is 1. The number of hydrogen-bond acceptors (Lipinski definition) is 2. The highest BCUT2D eigenvalue weighted by Gasteiger charge is 2.16. The fourth-order valence-electron chi connectivity index (χ4n) is 1.66. The van der Waals surface area contributed by atoms with Gasteiger partial charge in [0.2, 0.25) is 0 Å². The van der Waals surface area contributed by atoms with E-state index in [-0.39, 0.29) is 11.1 Å². The standard InChI is InChI=1S/C13H11ClF2OS/c14-11(8-9-4-3-7-18-9)10-5-1-2-6-12(10)17-13(15)16/h1-7,11,13H,8H2. The van der Waals surface area contributed by atoms with Crippen molar-refractivity contribution in [3.8, 4) is 5.75 Å². The summed E-state index contributed by atoms with van der Waals surface area (Å²) >= 11 is 7.86. The van der Waals surface area contributed by atoms with Crippen LogP contribution in [0.25, 0.3) is 0 Å². The second-order valence-electron chi connectivity index (χ2n) is 3.67. The molecule has 1 heterocycles. The molecule has 1 unspecified atom stereocenters. The van der Waals surface area contributed by atoms with Crippen LogP contribution in [0.4, 0.5) is 8.78 Å². The van der Waals surface area contributed by atoms with Gasteiger partial charge in [-0.3, -0.25) is 0 Å². The van der Waals surface area contributed by atoms with Crippen LogP contribution in [0.15, 0.2) is 41.8 Å². The lowest BCUT2D eigenvalue weighted by atomic mass is 10.1. The van der Waals surface area contributed by atoms with Crippen molar-refractivity contribution in [3.63, 3.8) is 0 Å². The summed E-state index contributed by atoms with van der Waals surface area (Å²) < 4.78 is 29.0. The molecule has 0 aliphatic heterocycles. The van der Waals surface area contributed by atoms with E-state index in [2.05, 4.69) is 4.74 Å². The minimum atomic E-state index is -2.84. The first-order valence-corrected chi connectivity index (χ1v) is 6.68. The molecule has 1 atom stereocenters. The van der Waals surface area contributed by atoms with Crippen molar-refractivity contribution in [1.82, 2.24) is 0 Å². The van der Waals surface area contributed by atoms with E-state index in [0.29, 0.717) is 12.0 Å². The van der Waals surface area contributed by atoms with Crippen molar-refractivity contribution >= 4 is 22.9 Å². The summed E-state index contributed by atoms with van der Waals surface area (Å²) in [5, 5.41) is 1.58. The predicted molar refractivity (Wildman–Crippen MR) is 69.7 cm³/mol. The molecule has 2 aromatic rings. The first kappa shape index (κ1) is 13.3. The van der Waals surface area contributed by atoms with Gasteiger partial charge in [-0.2, -0.15) is 8.78 Å². The third-order valence-corrected chi connectivity index (χ3v) is 3.72. The van der Waals surface area contributed by atoms with Gasteiger partial charge in [0.15, 0.2) is 0 Å². The van der Waals surface area contributed by atoms with Gasteiger partial charge in [-0.1, -0.05) is 24.3 Å². The molecule has 0 saturated carbocycles. The highest BCUT2D eigenvalue weighted by molar-refractivity contribution is 7.09. The number of rotatable bonds is 5. The molecule has 0 fully saturated rings. The van der Waals surface area contributed by atoms with Gasteiger partial charge in [-0.25, -0.2) is 0 Å². The van der Waals surface area contributed by atoms with Crippen LogP contribution in [0.1, 0.15) is 15.8 Å². The number of halogens is 3. The molecule has 1 aromatic heterocycles. The lowest BCUT2D eigenvalue weighted by Crippen LogP contribution is -2.06. The molecule has 1 aromatic carbocycles. The highest BCUT2D eigenvalue weighted by Crippen LogP contribution is 2.33. The lowest BCUT2D eigenvalue weighted by Gasteiger charge is -2.14. The van der Waals surface area contributed by atoms with Crippen LogP contribution in [-0.4, -0.2) is 6.61 Å². The molecule has 0 N–H and O–H groups in total. The normalized spacial score (nSPS) is 12.7. The topological polar surface area (TPSA) is 9.23 Å². The average molecular weight is 289 g/mol. The van der Waals surface area contributed by atoms with Crippen LogP contribution in [0.3, 0.4) is 0 Å². The van der Waals surface area contributed by atoms with Crippen LogP contribution >= 0.6 is 22.9 Å². The zero-order chi connectivity index (χ0) is 13.0. The maximum absolute atomic E-state index is 12.3. The van der Waals surface area contributed by atoms with Crippen molar-refractivity contribution in [2.75, 3.05) is 0 Å². The number of thiophene rings is 1. The zero-order valence-electron chi connectivity index (χ0n) is 9.35. The summed E-state index contributed by atoms with van der Waals surface area (Å²) in [7, 11) is 0. The van der Waals surface area contributed by atoms with Crippen molar-refractivity contribution in [2.24, 2.45) is 0 Å². The van der Waals surface area contributed by atoms with Crippen molar-refractivity contribution in [2.45, 2.75) is 18.4 Å². The second kappa shape index (κ2) is 6.16. The molecule has 1 nitrogen and oxygen atoms in total. The second-order valence-corrected chi connectivity index (χ2v) is 5.23. The number of benzene rings is 1. The molecule has 18 heavy (non-hydrogen) atoms. The Morgan fingerprint density at radius 1 is 1.17 bits per heavy atom. The zero-order valence-corrected chi connectivity index (χ0v) is 10.9. The van der Waals surface area contributed by atoms with Crippen LogP contribution in [0.5, 0.6) is 5.75 Å². The fourth-order valence-corrected chi connectivity index (χ4v) is 2.85. The fraction of sp³-hybridized carbons (Fsp3) is 0.231. The highest BCUT2D eigenvalue weighted by atomic mass is 35.5. The maximum atomic E-state index is 12.3. The summed E-state index contributed by atoms with van der Waals surface area (Å²) in [5.74, 6) is 0.143. The minimum Gasteiger partial charge on any atom is -0.434 e. The number of para-hydroxylation sites is 1. The molecule has 0 spiro atoms. The molecule has 0 bridgehead atoms. The Bertz CT molecular complexity index is 487. The predicted octanol–water partition coefficient (Wildman–Crippen LogP) is 4.87. The Morgan fingerprint density at radius 3 is 2.61 bits per heavy atom. The van der Waals surface area contributed by atoms with Crippen LogP contribution in [-0.2, 0) is 6.42 Å². The summed E-state index contributed by atoms with van der Waals surface area (Å²) in [6.07, 6.45) is 0.600. The van der Waals surface area contributed by atoms with Crippen molar-refractivity contribution < 1.29 is 13.5 Å². The number of alkyl halides is 3. The Labute approximate surface area is 113 Å². The average Bonchev–Trinajstić information content (AvgIpc) is 2.81. The van der Waals surface area contributed by atoms with E-state index < -0.39 is 6.61 Å². The van der Waals surface area contributed by atoms with E-state index in [1.807, 2.05) is 17.5 Å². The van der Waals surface area contributed by atoms with E-state index in [1.165, 1.54) is 6.07 Å². The van der Waals surface area contributed by atoms with Gasteiger partial charge in [-0.15, -0.1) is 22.9 Å². The quantitative estimate of drug-likeness (QED) is 0.713. The van der Waals surface area contributed by atoms with Crippen LogP contribution in [0, 0.1) is 0 Å². The monoisotopic (exact) mass is 288 g/mol. The Kier molecular flexibility index (Phi) is 4.55. The smallest absolute Gasteiger partial charge is 0.387 e. The molecule has 96 valence electrons. The van der Waals surface area contributed by atoms with E-state index in [9.17, 15) is 8.78 Å². The molecule has 5 heteroatoms. The largest absolute Gasteiger partial charge is 0.434 e. The summed E-state index contributed by atoms with van der Waals surface area (Å²) in [4.78, 5) is 1.11. The van der Waals surface area contributed by atoms with Crippen molar-refractivity contribution in [3.05, 3.63) is 52.2 Å². The molecule has 2 rings (SSSR count). The van der Waals surface area contributed by atoms with Gasteiger partial charge in [-0.05, 0) is 17.5 Å². The van der Waals surface area contributed by atoms with E-state index in [4.69, 9.17) is 11.6 Å². The Hall–Kier alpha value is -1.13. The third-order valence-electron chi connectivity index (χ3n) is 2.43. The molecule has 0 saturated heterocycles.